The minimum absolute atomic E-state index is 0.425. The zero-order chi connectivity index (χ0) is 16.1. The van der Waals surface area contributed by atoms with E-state index in [1.165, 1.54) is 23.1 Å². The Morgan fingerprint density at radius 1 is 1.22 bits per heavy atom. The third-order valence-electron chi connectivity index (χ3n) is 4.02. The third kappa shape index (κ3) is 4.07. The van der Waals surface area contributed by atoms with E-state index in [9.17, 15) is 4.79 Å². The van der Waals surface area contributed by atoms with E-state index in [-0.39, 0.29) is 0 Å². The van der Waals surface area contributed by atoms with Crippen molar-refractivity contribution in [2.24, 2.45) is 0 Å². The fourth-order valence-corrected chi connectivity index (χ4v) is 3.52. The zero-order valence-electron chi connectivity index (χ0n) is 12.8. The molecule has 2 N–H and O–H groups in total. The first-order valence-corrected chi connectivity index (χ1v) is 8.49. The molecule has 0 radical (unpaired) electrons. The monoisotopic (exact) mass is 332 g/mol. The van der Waals surface area contributed by atoms with Gasteiger partial charge in [0.15, 0.2) is 5.13 Å². The number of nitrogens with one attached hydrogen (secondary N) is 1. The standard InChI is InChI=1S/C16H20N4O2S/c21-15(18-22)14-12-17-16(23-14)20-10-8-19(9-11-20)7-6-13-4-2-1-3-5-13/h1-5,12,22H,6-11H2,(H,18,21). The molecular formula is C16H20N4O2S. The van der Waals surface area contributed by atoms with Crippen LogP contribution in [0.1, 0.15) is 15.2 Å². The van der Waals surface area contributed by atoms with Crippen LogP contribution in [0.2, 0.25) is 0 Å². The van der Waals surface area contributed by atoms with Gasteiger partial charge in [-0.25, -0.2) is 10.5 Å². The highest BCUT2D eigenvalue weighted by molar-refractivity contribution is 7.17. The van der Waals surface area contributed by atoms with Gasteiger partial charge in [0.2, 0.25) is 0 Å². The van der Waals surface area contributed by atoms with Gasteiger partial charge in [-0.05, 0) is 12.0 Å². The molecule has 1 aromatic heterocycles. The second-order valence-corrected chi connectivity index (χ2v) is 6.52. The Bertz CT molecular complexity index is 639. The van der Waals surface area contributed by atoms with E-state index in [4.69, 9.17) is 5.21 Å². The number of amides is 1. The largest absolute Gasteiger partial charge is 0.346 e. The molecule has 0 unspecified atom stereocenters. The Hall–Kier alpha value is -1.96. The normalized spacial score (nSPS) is 15.6. The number of aromatic nitrogens is 1. The van der Waals surface area contributed by atoms with Gasteiger partial charge in [0, 0.05) is 32.7 Å². The van der Waals surface area contributed by atoms with Crippen LogP contribution in [0.4, 0.5) is 5.13 Å². The molecule has 0 spiro atoms. The van der Waals surface area contributed by atoms with E-state index in [2.05, 4.69) is 39.0 Å². The van der Waals surface area contributed by atoms with Crippen LogP contribution in [0.3, 0.4) is 0 Å². The van der Waals surface area contributed by atoms with E-state index >= 15 is 0 Å². The molecule has 1 aromatic carbocycles. The predicted octanol–water partition coefficient (Wildman–Crippen LogP) is 1.63. The third-order valence-corrected chi connectivity index (χ3v) is 5.08. The topological polar surface area (TPSA) is 68.7 Å². The Labute approximate surface area is 139 Å². The minimum Gasteiger partial charge on any atom is -0.346 e. The van der Waals surface area contributed by atoms with Gasteiger partial charge in [-0.15, -0.1) is 0 Å². The van der Waals surface area contributed by atoms with Gasteiger partial charge in [-0.2, -0.15) is 0 Å². The molecule has 1 aliphatic rings. The lowest BCUT2D eigenvalue weighted by Gasteiger charge is -2.34. The number of piperazine rings is 1. The first-order valence-electron chi connectivity index (χ1n) is 7.68. The number of thiazole rings is 1. The van der Waals surface area contributed by atoms with Gasteiger partial charge in [0.1, 0.15) is 4.88 Å². The van der Waals surface area contributed by atoms with Crippen LogP contribution in [-0.4, -0.2) is 53.7 Å². The van der Waals surface area contributed by atoms with E-state index < -0.39 is 5.91 Å². The molecule has 0 atom stereocenters. The van der Waals surface area contributed by atoms with Crippen molar-refractivity contribution >= 4 is 22.4 Å². The maximum atomic E-state index is 11.4. The maximum absolute atomic E-state index is 11.4. The molecule has 0 bridgehead atoms. The summed E-state index contributed by atoms with van der Waals surface area (Å²) in [6.07, 6.45) is 2.58. The Morgan fingerprint density at radius 2 is 1.96 bits per heavy atom. The van der Waals surface area contributed by atoms with Crippen molar-refractivity contribution in [3.8, 4) is 0 Å². The van der Waals surface area contributed by atoms with Crippen LogP contribution in [0.25, 0.3) is 0 Å². The van der Waals surface area contributed by atoms with E-state index in [1.807, 2.05) is 6.07 Å². The van der Waals surface area contributed by atoms with Crippen LogP contribution < -0.4 is 10.4 Å². The molecule has 7 heteroatoms. The highest BCUT2D eigenvalue weighted by Crippen LogP contribution is 2.23. The lowest BCUT2D eigenvalue weighted by atomic mass is 10.1. The van der Waals surface area contributed by atoms with E-state index in [0.29, 0.717) is 4.88 Å². The molecule has 23 heavy (non-hydrogen) atoms. The SMILES string of the molecule is O=C(NO)c1cnc(N2CCN(CCc3ccccc3)CC2)s1. The van der Waals surface area contributed by atoms with Crippen LogP contribution in [0, 0.1) is 0 Å². The predicted molar refractivity (Wildman–Crippen MR) is 90.2 cm³/mol. The second-order valence-electron chi connectivity index (χ2n) is 5.51. The molecule has 1 amide bonds. The summed E-state index contributed by atoms with van der Waals surface area (Å²) in [5.41, 5.74) is 3.01. The van der Waals surface area contributed by atoms with Crippen molar-refractivity contribution in [1.82, 2.24) is 15.4 Å². The van der Waals surface area contributed by atoms with Crippen molar-refractivity contribution in [2.45, 2.75) is 6.42 Å². The lowest BCUT2D eigenvalue weighted by molar-refractivity contribution is 0.0710. The van der Waals surface area contributed by atoms with Crippen molar-refractivity contribution in [1.29, 1.82) is 0 Å². The summed E-state index contributed by atoms with van der Waals surface area (Å²) < 4.78 is 0. The number of benzene rings is 1. The fourth-order valence-electron chi connectivity index (χ4n) is 2.67. The maximum Gasteiger partial charge on any atom is 0.286 e. The average Bonchev–Trinajstić information content (AvgIpc) is 3.11. The number of rotatable bonds is 5. The molecule has 6 nitrogen and oxygen atoms in total. The number of carbonyl (C=O) groups excluding carboxylic acids is 1. The number of anilines is 1. The van der Waals surface area contributed by atoms with E-state index in [1.54, 1.807) is 5.48 Å². The molecule has 122 valence electrons. The Balaban J connectivity index is 1.48. The molecule has 0 aliphatic carbocycles. The summed E-state index contributed by atoms with van der Waals surface area (Å²) >= 11 is 1.31. The smallest absolute Gasteiger partial charge is 0.286 e. The van der Waals surface area contributed by atoms with Crippen molar-refractivity contribution in [3.05, 3.63) is 47.0 Å². The number of carbonyl (C=O) groups is 1. The van der Waals surface area contributed by atoms with E-state index in [0.717, 1.165) is 44.3 Å². The molecule has 0 saturated carbocycles. The summed E-state index contributed by atoms with van der Waals surface area (Å²) in [4.78, 5) is 20.7. The van der Waals surface area contributed by atoms with Gasteiger partial charge in [0.05, 0.1) is 6.20 Å². The molecule has 2 heterocycles. The average molecular weight is 332 g/mol. The van der Waals surface area contributed by atoms with Crippen LogP contribution in [-0.2, 0) is 6.42 Å². The second kappa shape index (κ2) is 7.54. The highest BCUT2D eigenvalue weighted by atomic mass is 32.1. The number of nitrogens with zero attached hydrogens (tertiary/aromatic N) is 3. The summed E-state index contributed by atoms with van der Waals surface area (Å²) in [5.74, 6) is -0.504. The summed E-state index contributed by atoms with van der Waals surface area (Å²) in [5, 5.41) is 9.49. The first kappa shape index (κ1) is 15.9. The highest BCUT2D eigenvalue weighted by Gasteiger charge is 2.20. The summed E-state index contributed by atoms with van der Waals surface area (Å²) in [6, 6.07) is 10.5. The molecule has 1 aliphatic heterocycles. The Morgan fingerprint density at radius 3 is 2.65 bits per heavy atom. The first-order chi connectivity index (χ1) is 11.3. The van der Waals surface area contributed by atoms with Gasteiger partial charge < -0.3 is 4.90 Å². The Kier molecular flexibility index (Phi) is 5.22. The van der Waals surface area contributed by atoms with Crippen LogP contribution in [0.5, 0.6) is 0 Å². The number of hydrogen-bond acceptors (Lipinski definition) is 6. The lowest BCUT2D eigenvalue weighted by Crippen LogP contribution is -2.46. The van der Waals surface area contributed by atoms with Gasteiger partial charge in [-0.3, -0.25) is 14.9 Å². The molecule has 2 aromatic rings. The quantitative estimate of drug-likeness (QED) is 0.643. The van der Waals surface area contributed by atoms with Crippen LogP contribution in [0.15, 0.2) is 36.5 Å². The van der Waals surface area contributed by atoms with Gasteiger partial charge in [-0.1, -0.05) is 41.7 Å². The van der Waals surface area contributed by atoms with Gasteiger partial charge in [0.25, 0.3) is 5.91 Å². The molecule has 1 saturated heterocycles. The summed E-state index contributed by atoms with van der Waals surface area (Å²) in [7, 11) is 0. The fraction of sp³-hybridized carbons (Fsp3) is 0.375. The molecule has 1 fully saturated rings. The molecule has 3 rings (SSSR count). The van der Waals surface area contributed by atoms with Crippen LogP contribution >= 0.6 is 11.3 Å². The number of hydroxylamine groups is 1. The van der Waals surface area contributed by atoms with Crippen molar-refractivity contribution in [3.63, 3.8) is 0 Å². The zero-order valence-corrected chi connectivity index (χ0v) is 13.6. The van der Waals surface area contributed by atoms with Crippen molar-refractivity contribution in [2.75, 3.05) is 37.6 Å². The van der Waals surface area contributed by atoms with Gasteiger partial charge >= 0.3 is 0 Å². The van der Waals surface area contributed by atoms with Crippen molar-refractivity contribution < 1.29 is 10.0 Å². The molecular weight excluding hydrogens is 312 g/mol. The minimum atomic E-state index is -0.504. The summed E-state index contributed by atoms with van der Waals surface area (Å²) in [6.45, 7) is 4.86. The number of hydrogen-bond donors (Lipinski definition) is 2.